The van der Waals surface area contributed by atoms with E-state index in [0.717, 1.165) is 18.7 Å². The Hall–Kier alpha value is -1.69. The first-order valence-electron chi connectivity index (χ1n) is 7.40. The maximum atomic E-state index is 12.3. The van der Waals surface area contributed by atoms with E-state index in [4.69, 9.17) is 4.74 Å². The number of carbonyl (C=O) groups excluding carboxylic acids is 1. The molecule has 2 atom stereocenters. The summed E-state index contributed by atoms with van der Waals surface area (Å²) in [5.41, 5.74) is 0.473. The van der Waals surface area contributed by atoms with Crippen molar-refractivity contribution < 1.29 is 9.53 Å². The summed E-state index contributed by atoms with van der Waals surface area (Å²) in [6.45, 7) is 8.17. The van der Waals surface area contributed by atoms with Gasteiger partial charge in [-0.1, -0.05) is 0 Å². The zero-order valence-electron chi connectivity index (χ0n) is 12.7. The molecule has 0 aromatic carbocycles. The first-order valence-corrected chi connectivity index (χ1v) is 7.40. The molecule has 0 radical (unpaired) electrons. The molecule has 6 nitrogen and oxygen atoms in total. The molecule has 21 heavy (non-hydrogen) atoms. The van der Waals surface area contributed by atoms with Gasteiger partial charge < -0.3 is 15.4 Å². The predicted octanol–water partition coefficient (Wildman–Crippen LogP) is 0.524. The minimum atomic E-state index is -0.418. The molecule has 2 N–H and O–H groups in total. The molecule has 1 aliphatic heterocycles. The summed E-state index contributed by atoms with van der Waals surface area (Å²) in [7, 11) is 0. The Morgan fingerprint density at radius 2 is 2.19 bits per heavy atom. The SMILES string of the molecule is Cc1cncnc1OCC(C)(C)NC(=O)C1C2CNCC21. The molecule has 2 aliphatic rings. The Bertz CT molecular complexity index is 536. The Kier molecular flexibility index (Phi) is 3.57. The minimum absolute atomic E-state index is 0.152. The van der Waals surface area contributed by atoms with Crippen molar-refractivity contribution in [1.29, 1.82) is 0 Å². The number of hydrogen-bond donors (Lipinski definition) is 2. The van der Waals surface area contributed by atoms with Gasteiger partial charge in [0, 0.05) is 17.7 Å². The van der Waals surface area contributed by atoms with E-state index in [0.29, 0.717) is 24.3 Å². The average Bonchev–Trinajstić information content (AvgIpc) is 2.92. The van der Waals surface area contributed by atoms with Crippen molar-refractivity contribution in [3.05, 3.63) is 18.1 Å². The summed E-state index contributed by atoms with van der Waals surface area (Å²) in [6, 6.07) is 0. The molecular formula is C15H22N4O2. The number of rotatable bonds is 5. The maximum Gasteiger partial charge on any atom is 0.224 e. The quantitative estimate of drug-likeness (QED) is 0.827. The molecule has 1 aromatic heterocycles. The van der Waals surface area contributed by atoms with Crippen LogP contribution in [0.25, 0.3) is 0 Å². The highest BCUT2D eigenvalue weighted by Gasteiger charge is 2.57. The number of ether oxygens (including phenoxy) is 1. The van der Waals surface area contributed by atoms with Gasteiger partial charge >= 0.3 is 0 Å². The van der Waals surface area contributed by atoms with Crippen LogP contribution in [0.2, 0.25) is 0 Å². The number of hydrogen-bond acceptors (Lipinski definition) is 5. The lowest BCUT2D eigenvalue weighted by molar-refractivity contribution is -0.125. The summed E-state index contributed by atoms with van der Waals surface area (Å²) in [6.07, 6.45) is 3.18. The zero-order chi connectivity index (χ0) is 15.0. The van der Waals surface area contributed by atoms with E-state index < -0.39 is 5.54 Å². The number of piperidine rings is 1. The van der Waals surface area contributed by atoms with E-state index in [1.807, 2.05) is 20.8 Å². The lowest BCUT2D eigenvalue weighted by Crippen LogP contribution is -2.49. The van der Waals surface area contributed by atoms with E-state index in [-0.39, 0.29) is 11.8 Å². The lowest BCUT2D eigenvalue weighted by atomic mass is 10.1. The molecule has 1 aromatic rings. The fourth-order valence-electron chi connectivity index (χ4n) is 3.05. The molecule has 1 saturated carbocycles. The highest BCUT2D eigenvalue weighted by atomic mass is 16.5. The van der Waals surface area contributed by atoms with Gasteiger partial charge in [-0.15, -0.1) is 0 Å². The monoisotopic (exact) mass is 290 g/mol. The number of nitrogens with zero attached hydrogens (tertiary/aromatic N) is 2. The lowest BCUT2D eigenvalue weighted by Gasteiger charge is -2.26. The van der Waals surface area contributed by atoms with E-state index in [9.17, 15) is 4.79 Å². The first kappa shape index (κ1) is 14.3. The van der Waals surface area contributed by atoms with E-state index >= 15 is 0 Å². The molecule has 3 rings (SSSR count). The molecule has 1 amide bonds. The molecule has 114 valence electrons. The second-order valence-electron chi connectivity index (χ2n) is 6.68. The smallest absolute Gasteiger partial charge is 0.224 e. The Morgan fingerprint density at radius 1 is 1.48 bits per heavy atom. The van der Waals surface area contributed by atoms with Gasteiger partial charge in [0.25, 0.3) is 0 Å². The van der Waals surface area contributed by atoms with E-state index in [2.05, 4.69) is 20.6 Å². The second-order valence-corrected chi connectivity index (χ2v) is 6.68. The molecule has 1 saturated heterocycles. The average molecular weight is 290 g/mol. The molecule has 2 heterocycles. The number of carbonyl (C=O) groups is 1. The number of fused-ring (bicyclic) bond motifs is 1. The first-order chi connectivity index (χ1) is 9.98. The van der Waals surface area contributed by atoms with Crippen molar-refractivity contribution in [2.75, 3.05) is 19.7 Å². The van der Waals surface area contributed by atoms with E-state index in [1.54, 1.807) is 6.20 Å². The second kappa shape index (κ2) is 5.26. The number of amides is 1. The highest BCUT2D eigenvalue weighted by Crippen LogP contribution is 2.48. The molecule has 0 spiro atoms. The van der Waals surface area contributed by atoms with Gasteiger partial charge in [-0.05, 0) is 45.7 Å². The molecule has 2 unspecified atom stereocenters. The molecular weight excluding hydrogens is 268 g/mol. The van der Waals surface area contributed by atoms with E-state index in [1.165, 1.54) is 6.33 Å². The van der Waals surface area contributed by atoms with Crippen molar-refractivity contribution in [3.8, 4) is 5.88 Å². The third-order valence-electron chi connectivity index (χ3n) is 4.27. The standard InChI is InChI=1S/C15H22N4O2/c1-9-4-17-8-18-14(9)21-7-15(2,3)19-13(20)12-10-5-16-6-11(10)12/h4,8,10-12,16H,5-7H2,1-3H3,(H,19,20). The van der Waals surface area contributed by atoms with Gasteiger partial charge in [-0.25, -0.2) is 9.97 Å². The summed E-state index contributed by atoms with van der Waals surface area (Å²) >= 11 is 0. The van der Waals surface area contributed by atoms with Crippen molar-refractivity contribution in [2.45, 2.75) is 26.3 Å². The highest BCUT2D eigenvalue weighted by molar-refractivity contribution is 5.83. The van der Waals surface area contributed by atoms with Crippen molar-refractivity contribution in [2.24, 2.45) is 17.8 Å². The van der Waals surface area contributed by atoms with Gasteiger partial charge in [0.2, 0.25) is 11.8 Å². The van der Waals surface area contributed by atoms with Crippen molar-refractivity contribution in [1.82, 2.24) is 20.6 Å². The fraction of sp³-hybridized carbons (Fsp3) is 0.667. The summed E-state index contributed by atoms with van der Waals surface area (Å²) < 4.78 is 5.72. The van der Waals surface area contributed by atoms with Gasteiger partial charge in [-0.3, -0.25) is 4.79 Å². The topological polar surface area (TPSA) is 76.1 Å². The minimum Gasteiger partial charge on any atom is -0.475 e. The van der Waals surface area contributed by atoms with Crippen LogP contribution < -0.4 is 15.4 Å². The Labute approximate surface area is 124 Å². The Balaban J connectivity index is 1.52. The largest absolute Gasteiger partial charge is 0.475 e. The van der Waals surface area contributed by atoms with Crippen LogP contribution in [0.3, 0.4) is 0 Å². The summed E-state index contributed by atoms with van der Waals surface area (Å²) in [5.74, 6) is 1.97. The van der Waals surface area contributed by atoms with Crippen LogP contribution in [0, 0.1) is 24.7 Å². The van der Waals surface area contributed by atoms with Gasteiger partial charge in [0.05, 0.1) is 5.54 Å². The zero-order valence-corrected chi connectivity index (χ0v) is 12.7. The van der Waals surface area contributed by atoms with Crippen LogP contribution in [-0.4, -0.2) is 41.1 Å². The van der Waals surface area contributed by atoms with Crippen LogP contribution >= 0.6 is 0 Å². The third kappa shape index (κ3) is 3.00. The summed E-state index contributed by atoms with van der Waals surface area (Å²) in [4.78, 5) is 20.3. The van der Waals surface area contributed by atoms with Crippen molar-refractivity contribution in [3.63, 3.8) is 0 Å². The number of aryl methyl sites for hydroxylation is 1. The van der Waals surface area contributed by atoms with Crippen LogP contribution in [0.5, 0.6) is 5.88 Å². The van der Waals surface area contributed by atoms with Gasteiger partial charge in [-0.2, -0.15) is 0 Å². The molecule has 1 aliphatic carbocycles. The number of nitrogens with one attached hydrogen (secondary N) is 2. The molecule has 0 bridgehead atoms. The van der Waals surface area contributed by atoms with Crippen LogP contribution in [0.15, 0.2) is 12.5 Å². The Morgan fingerprint density at radius 3 is 2.86 bits per heavy atom. The molecule has 6 heteroatoms. The van der Waals surface area contributed by atoms with Gasteiger partial charge in [0.15, 0.2) is 0 Å². The third-order valence-corrected chi connectivity index (χ3v) is 4.27. The van der Waals surface area contributed by atoms with Crippen LogP contribution in [-0.2, 0) is 4.79 Å². The van der Waals surface area contributed by atoms with Crippen molar-refractivity contribution >= 4 is 5.91 Å². The number of aromatic nitrogens is 2. The fourth-order valence-corrected chi connectivity index (χ4v) is 3.05. The molecule has 2 fully saturated rings. The maximum absolute atomic E-state index is 12.3. The van der Waals surface area contributed by atoms with Crippen LogP contribution in [0.1, 0.15) is 19.4 Å². The van der Waals surface area contributed by atoms with Crippen LogP contribution in [0.4, 0.5) is 0 Å². The summed E-state index contributed by atoms with van der Waals surface area (Å²) in [5, 5.41) is 6.40. The normalized spacial score (nSPS) is 27.1. The van der Waals surface area contributed by atoms with Gasteiger partial charge in [0.1, 0.15) is 12.9 Å². The predicted molar refractivity (Wildman–Crippen MR) is 77.8 cm³/mol.